The summed E-state index contributed by atoms with van der Waals surface area (Å²) in [7, 11) is 2.11. The van der Waals surface area contributed by atoms with Crippen molar-refractivity contribution in [2.75, 3.05) is 27.7 Å². The minimum Gasteiger partial charge on any atom is -0.316 e. The highest BCUT2D eigenvalue weighted by molar-refractivity contribution is 7.89. The largest absolute Gasteiger partial charge is 0.316 e. The lowest BCUT2D eigenvalue weighted by atomic mass is 10.2. The smallest absolute Gasteiger partial charge is 0.260 e. The van der Waals surface area contributed by atoms with Gasteiger partial charge in [0.2, 0.25) is 0 Å². The van der Waals surface area contributed by atoms with Crippen molar-refractivity contribution in [1.82, 2.24) is 25.1 Å². The van der Waals surface area contributed by atoms with Crippen LogP contribution in [0, 0.1) is 6.92 Å². The molecule has 0 fully saturated rings. The molecule has 20 heavy (non-hydrogen) atoms. The van der Waals surface area contributed by atoms with Gasteiger partial charge in [0.15, 0.2) is 5.03 Å². The van der Waals surface area contributed by atoms with Crippen molar-refractivity contribution >= 4 is 10.0 Å². The van der Waals surface area contributed by atoms with Gasteiger partial charge >= 0.3 is 0 Å². The summed E-state index contributed by atoms with van der Waals surface area (Å²) >= 11 is 0. The van der Waals surface area contributed by atoms with Gasteiger partial charge in [0.25, 0.3) is 10.0 Å². The summed E-state index contributed by atoms with van der Waals surface area (Å²) in [4.78, 5) is 2.02. The maximum Gasteiger partial charge on any atom is 0.260 e. The number of aromatic nitrogens is 2. The molecule has 1 heterocycles. The Kier molecular flexibility index (Phi) is 6.12. The summed E-state index contributed by atoms with van der Waals surface area (Å²) in [6.07, 6.45) is 0.747. The van der Waals surface area contributed by atoms with E-state index >= 15 is 0 Å². The molecule has 1 unspecified atom stereocenters. The minimum atomic E-state index is -3.59. The number of aromatic amines is 1. The van der Waals surface area contributed by atoms with Crippen molar-refractivity contribution in [2.24, 2.45) is 0 Å². The Morgan fingerprint density at radius 3 is 2.60 bits per heavy atom. The molecular formula is C12H25N5O2S. The van der Waals surface area contributed by atoms with E-state index in [9.17, 15) is 8.42 Å². The zero-order valence-corrected chi connectivity index (χ0v) is 13.6. The molecule has 3 N–H and O–H groups in total. The van der Waals surface area contributed by atoms with Crippen molar-refractivity contribution in [3.63, 3.8) is 0 Å². The molecule has 0 aliphatic carbocycles. The average molecular weight is 303 g/mol. The van der Waals surface area contributed by atoms with Gasteiger partial charge in [-0.3, -0.25) is 5.10 Å². The Bertz CT molecular complexity index is 524. The van der Waals surface area contributed by atoms with E-state index in [2.05, 4.69) is 20.2 Å². The van der Waals surface area contributed by atoms with E-state index in [-0.39, 0.29) is 11.1 Å². The van der Waals surface area contributed by atoms with E-state index in [1.54, 1.807) is 7.05 Å². The third kappa shape index (κ3) is 4.55. The number of H-pyrrole nitrogens is 1. The van der Waals surface area contributed by atoms with Crippen LogP contribution in [0.5, 0.6) is 0 Å². The fraction of sp³-hybridized carbons (Fsp3) is 0.750. The summed E-state index contributed by atoms with van der Waals surface area (Å²) in [6.45, 7) is 4.96. The standard InChI is InChI=1S/C12H25N5O2S/c1-9(6-7-17(4)5)16-20(18,19)12-11(8-13-3)10(2)14-15-12/h9,13,16H,6-8H2,1-5H3,(H,14,15). The number of nitrogens with one attached hydrogen (secondary N) is 3. The van der Waals surface area contributed by atoms with Crippen LogP contribution in [-0.4, -0.2) is 57.2 Å². The fourth-order valence-electron chi connectivity index (χ4n) is 1.87. The molecule has 0 aliphatic heterocycles. The van der Waals surface area contributed by atoms with Crippen LogP contribution in [-0.2, 0) is 16.6 Å². The first-order valence-corrected chi connectivity index (χ1v) is 8.11. The molecule has 1 atom stereocenters. The number of rotatable bonds is 8. The highest BCUT2D eigenvalue weighted by atomic mass is 32.2. The lowest BCUT2D eigenvalue weighted by Crippen LogP contribution is -2.35. The molecule has 0 spiro atoms. The van der Waals surface area contributed by atoms with E-state index in [1.807, 2.05) is 32.8 Å². The van der Waals surface area contributed by atoms with Gasteiger partial charge in [-0.2, -0.15) is 5.10 Å². The maximum atomic E-state index is 12.4. The second kappa shape index (κ2) is 7.16. The molecule has 0 aliphatic rings. The van der Waals surface area contributed by atoms with Crippen LogP contribution < -0.4 is 10.0 Å². The van der Waals surface area contributed by atoms with Crippen molar-refractivity contribution < 1.29 is 8.42 Å². The van der Waals surface area contributed by atoms with Gasteiger partial charge in [0.05, 0.1) is 0 Å². The number of aryl methyl sites for hydroxylation is 1. The molecule has 0 amide bonds. The molecule has 1 rings (SSSR count). The van der Waals surface area contributed by atoms with Gasteiger partial charge in [0.1, 0.15) is 0 Å². The lowest BCUT2D eigenvalue weighted by molar-refractivity contribution is 0.378. The topological polar surface area (TPSA) is 90.1 Å². The Morgan fingerprint density at radius 2 is 2.05 bits per heavy atom. The molecule has 0 radical (unpaired) electrons. The zero-order chi connectivity index (χ0) is 15.3. The summed E-state index contributed by atoms with van der Waals surface area (Å²) < 4.78 is 27.4. The van der Waals surface area contributed by atoms with Crippen LogP contribution in [0.25, 0.3) is 0 Å². The summed E-state index contributed by atoms with van der Waals surface area (Å²) in [5.41, 5.74) is 1.44. The first kappa shape index (κ1) is 17.1. The van der Waals surface area contributed by atoms with Gasteiger partial charge in [-0.05, 0) is 48.0 Å². The van der Waals surface area contributed by atoms with Crippen LogP contribution in [0.3, 0.4) is 0 Å². The predicted octanol–water partition coefficient (Wildman–Crippen LogP) is 0.0560. The molecule has 1 aromatic rings. The molecule has 7 nitrogen and oxygen atoms in total. The Labute approximate surface area is 121 Å². The molecule has 116 valence electrons. The highest BCUT2D eigenvalue weighted by Gasteiger charge is 2.25. The third-order valence-electron chi connectivity index (χ3n) is 3.01. The summed E-state index contributed by atoms with van der Waals surface area (Å²) in [5, 5.41) is 9.70. The summed E-state index contributed by atoms with van der Waals surface area (Å²) in [6, 6.07) is -0.137. The van der Waals surface area contributed by atoms with Crippen LogP contribution in [0.4, 0.5) is 0 Å². The molecule has 0 aromatic carbocycles. The SMILES string of the molecule is CNCc1c(S(=O)(=O)NC(C)CCN(C)C)n[nH]c1C. The van der Waals surface area contributed by atoms with E-state index in [0.717, 1.165) is 18.7 Å². The lowest BCUT2D eigenvalue weighted by Gasteiger charge is -2.16. The van der Waals surface area contributed by atoms with Crippen molar-refractivity contribution in [3.8, 4) is 0 Å². The van der Waals surface area contributed by atoms with Crippen molar-refractivity contribution in [2.45, 2.75) is 37.9 Å². The van der Waals surface area contributed by atoms with Gasteiger partial charge in [-0.1, -0.05) is 0 Å². The first-order valence-electron chi connectivity index (χ1n) is 6.63. The van der Waals surface area contributed by atoms with Gasteiger partial charge < -0.3 is 10.2 Å². The molecule has 8 heteroatoms. The highest BCUT2D eigenvalue weighted by Crippen LogP contribution is 2.16. The van der Waals surface area contributed by atoms with Gasteiger partial charge in [-0.15, -0.1) is 0 Å². The second-order valence-corrected chi connectivity index (χ2v) is 6.91. The number of nitrogens with zero attached hydrogens (tertiary/aromatic N) is 2. The number of sulfonamides is 1. The summed E-state index contributed by atoms with van der Waals surface area (Å²) in [5.74, 6) is 0. The molecule has 1 aromatic heterocycles. The monoisotopic (exact) mass is 303 g/mol. The molecule has 0 saturated carbocycles. The molecular weight excluding hydrogens is 278 g/mol. The third-order valence-corrected chi connectivity index (χ3v) is 4.57. The Morgan fingerprint density at radius 1 is 1.40 bits per heavy atom. The van der Waals surface area contributed by atoms with E-state index < -0.39 is 10.0 Å². The van der Waals surface area contributed by atoms with Crippen LogP contribution in [0.1, 0.15) is 24.6 Å². The van der Waals surface area contributed by atoms with Crippen LogP contribution in [0.15, 0.2) is 5.03 Å². The second-order valence-electron chi connectivity index (χ2n) is 5.28. The zero-order valence-electron chi connectivity index (χ0n) is 12.8. The van der Waals surface area contributed by atoms with Crippen molar-refractivity contribution in [1.29, 1.82) is 0 Å². The van der Waals surface area contributed by atoms with Crippen LogP contribution in [0.2, 0.25) is 0 Å². The van der Waals surface area contributed by atoms with Crippen molar-refractivity contribution in [3.05, 3.63) is 11.3 Å². The van der Waals surface area contributed by atoms with Crippen LogP contribution >= 0.6 is 0 Å². The molecule has 0 saturated heterocycles. The maximum absolute atomic E-state index is 12.4. The number of hydrogen-bond donors (Lipinski definition) is 3. The number of hydrogen-bond acceptors (Lipinski definition) is 5. The van der Waals surface area contributed by atoms with Gasteiger partial charge in [-0.25, -0.2) is 13.1 Å². The molecule has 0 bridgehead atoms. The Hall–Kier alpha value is -0.960. The van der Waals surface area contributed by atoms with Gasteiger partial charge in [0, 0.05) is 23.8 Å². The average Bonchev–Trinajstić information content (AvgIpc) is 2.69. The van der Waals surface area contributed by atoms with E-state index in [0.29, 0.717) is 12.1 Å². The fourth-order valence-corrected chi connectivity index (χ4v) is 3.34. The Balaban J connectivity index is 2.83. The van der Waals surface area contributed by atoms with E-state index in [4.69, 9.17) is 0 Å². The first-order chi connectivity index (χ1) is 9.27. The normalized spacial score (nSPS) is 13.9. The minimum absolute atomic E-state index is 0.0843. The van der Waals surface area contributed by atoms with E-state index in [1.165, 1.54) is 0 Å². The predicted molar refractivity (Wildman–Crippen MR) is 79.0 cm³/mol. The quantitative estimate of drug-likeness (QED) is 0.632.